The molecule has 0 heterocycles. The van der Waals surface area contributed by atoms with Crippen LogP contribution >= 0.6 is 0 Å². The van der Waals surface area contributed by atoms with Crippen molar-refractivity contribution in [2.75, 3.05) is 6.54 Å². The van der Waals surface area contributed by atoms with E-state index in [4.69, 9.17) is 4.74 Å². The van der Waals surface area contributed by atoms with Gasteiger partial charge >= 0.3 is 0 Å². The summed E-state index contributed by atoms with van der Waals surface area (Å²) < 4.78 is 5.59. The van der Waals surface area contributed by atoms with Gasteiger partial charge in [-0.2, -0.15) is 0 Å². The first-order valence-electron chi connectivity index (χ1n) is 7.90. The second-order valence-corrected chi connectivity index (χ2v) is 5.96. The average Bonchev–Trinajstić information content (AvgIpc) is 2.51. The third-order valence-electron chi connectivity index (χ3n) is 3.61. The monoisotopic (exact) mass is 315 g/mol. The van der Waals surface area contributed by atoms with Crippen molar-refractivity contribution in [1.29, 1.82) is 0 Å². The van der Waals surface area contributed by atoms with Crippen LogP contribution < -0.4 is 10.1 Å². The van der Waals surface area contributed by atoms with Crippen molar-refractivity contribution >= 4 is 0 Å². The van der Waals surface area contributed by atoms with Crippen molar-refractivity contribution in [3.63, 3.8) is 0 Å². The van der Waals surface area contributed by atoms with Crippen LogP contribution in [0.2, 0.25) is 0 Å². The summed E-state index contributed by atoms with van der Waals surface area (Å²) in [5.74, 6) is 1.11. The highest BCUT2D eigenvalue weighted by molar-refractivity contribution is 5.39. The molecule has 1 unspecified atom stereocenters. The van der Waals surface area contributed by atoms with E-state index in [-0.39, 0.29) is 6.10 Å². The molecule has 4 nitrogen and oxygen atoms in total. The number of phenolic OH excluding ortho intramolecular Hbond substituents is 1. The minimum Gasteiger partial charge on any atom is -0.507 e. The van der Waals surface area contributed by atoms with E-state index in [0.29, 0.717) is 18.8 Å². The summed E-state index contributed by atoms with van der Waals surface area (Å²) in [4.78, 5) is 0. The third-order valence-corrected chi connectivity index (χ3v) is 3.61. The minimum absolute atomic E-state index is 0.134. The Morgan fingerprint density at radius 3 is 2.43 bits per heavy atom. The number of aliphatic hydroxyl groups excluding tert-OH is 1. The van der Waals surface area contributed by atoms with Gasteiger partial charge in [0.1, 0.15) is 11.5 Å². The zero-order valence-electron chi connectivity index (χ0n) is 13.9. The number of para-hydroxylation sites is 1. The quantitative estimate of drug-likeness (QED) is 0.733. The molecule has 0 amide bonds. The molecule has 0 aliphatic heterocycles. The average molecular weight is 315 g/mol. The smallest absolute Gasteiger partial charge is 0.122 e. The summed E-state index contributed by atoms with van der Waals surface area (Å²) in [6, 6.07) is 13.1. The fraction of sp³-hybridized carbons (Fsp3) is 0.368. The Morgan fingerprint density at radius 1 is 1.09 bits per heavy atom. The zero-order valence-corrected chi connectivity index (χ0v) is 13.9. The molecule has 2 aromatic carbocycles. The highest BCUT2D eigenvalue weighted by Crippen LogP contribution is 2.22. The molecule has 124 valence electrons. The van der Waals surface area contributed by atoms with Gasteiger partial charge in [-0.05, 0) is 44.0 Å². The molecule has 0 radical (unpaired) electrons. The third kappa shape index (κ3) is 4.98. The minimum atomic E-state index is -0.602. The fourth-order valence-electron chi connectivity index (χ4n) is 2.36. The molecule has 1 atom stereocenters. The number of benzene rings is 2. The van der Waals surface area contributed by atoms with E-state index >= 15 is 0 Å². The maximum atomic E-state index is 10.2. The summed E-state index contributed by atoms with van der Waals surface area (Å²) in [5, 5.41) is 23.4. The number of rotatable bonds is 7. The Bertz CT molecular complexity index is 623. The number of nitrogens with one attached hydrogen (secondary N) is 1. The van der Waals surface area contributed by atoms with Crippen molar-refractivity contribution in [3.05, 3.63) is 59.2 Å². The molecule has 0 saturated carbocycles. The van der Waals surface area contributed by atoms with Gasteiger partial charge < -0.3 is 20.3 Å². The SMILES string of the molecule is Cc1cccc(CNCC(O)c2ccc(OC(C)C)cc2)c1O. The summed E-state index contributed by atoms with van der Waals surface area (Å²) >= 11 is 0. The lowest BCUT2D eigenvalue weighted by atomic mass is 10.1. The maximum Gasteiger partial charge on any atom is 0.122 e. The topological polar surface area (TPSA) is 61.7 Å². The van der Waals surface area contributed by atoms with E-state index in [1.54, 1.807) is 0 Å². The first-order chi connectivity index (χ1) is 11.0. The van der Waals surface area contributed by atoms with Crippen LogP contribution in [-0.2, 0) is 6.54 Å². The molecular formula is C19H25NO3. The van der Waals surface area contributed by atoms with Crippen LogP contribution in [0.5, 0.6) is 11.5 Å². The van der Waals surface area contributed by atoms with Crippen molar-refractivity contribution in [1.82, 2.24) is 5.32 Å². The van der Waals surface area contributed by atoms with Crippen molar-refractivity contribution in [2.24, 2.45) is 0 Å². The molecular weight excluding hydrogens is 290 g/mol. The lowest BCUT2D eigenvalue weighted by molar-refractivity contribution is 0.174. The van der Waals surface area contributed by atoms with Gasteiger partial charge in [0, 0.05) is 18.7 Å². The summed E-state index contributed by atoms with van der Waals surface area (Å²) in [6.45, 7) is 6.76. The maximum absolute atomic E-state index is 10.2. The lowest BCUT2D eigenvalue weighted by Gasteiger charge is -2.15. The molecule has 2 rings (SSSR count). The lowest BCUT2D eigenvalue weighted by Crippen LogP contribution is -2.21. The second-order valence-electron chi connectivity index (χ2n) is 5.96. The van der Waals surface area contributed by atoms with Gasteiger partial charge in [0.15, 0.2) is 0 Å². The van der Waals surface area contributed by atoms with Gasteiger partial charge in [-0.1, -0.05) is 30.3 Å². The number of aromatic hydroxyl groups is 1. The van der Waals surface area contributed by atoms with Gasteiger partial charge in [-0.25, -0.2) is 0 Å². The van der Waals surface area contributed by atoms with Gasteiger partial charge in [0.05, 0.1) is 12.2 Å². The van der Waals surface area contributed by atoms with Crippen molar-refractivity contribution in [2.45, 2.75) is 39.5 Å². The first-order valence-corrected chi connectivity index (χ1v) is 7.90. The van der Waals surface area contributed by atoms with Crippen molar-refractivity contribution in [3.8, 4) is 11.5 Å². The Kier molecular flexibility index (Phi) is 6.02. The van der Waals surface area contributed by atoms with Crippen LogP contribution in [0.4, 0.5) is 0 Å². The molecule has 0 saturated heterocycles. The highest BCUT2D eigenvalue weighted by atomic mass is 16.5. The van der Waals surface area contributed by atoms with Crippen LogP contribution in [-0.4, -0.2) is 22.9 Å². The summed E-state index contributed by atoms with van der Waals surface area (Å²) in [7, 11) is 0. The highest BCUT2D eigenvalue weighted by Gasteiger charge is 2.09. The Labute approximate surface area is 137 Å². The molecule has 0 spiro atoms. The van der Waals surface area contributed by atoms with Crippen LogP contribution in [0.25, 0.3) is 0 Å². The van der Waals surface area contributed by atoms with E-state index in [0.717, 1.165) is 22.4 Å². The molecule has 0 aromatic heterocycles. The Balaban J connectivity index is 1.87. The van der Waals surface area contributed by atoms with Crippen LogP contribution in [0, 0.1) is 6.92 Å². The van der Waals surface area contributed by atoms with E-state index in [1.165, 1.54) is 0 Å². The molecule has 0 fully saturated rings. The first kappa shape index (κ1) is 17.3. The Hall–Kier alpha value is -2.04. The summed E-state index contributed by atoms with van der Waals surface area (Å²) in [5.41, 5.74) is 2.52. The summed E-state index contributed by atoms with van der Waals surface area (Å²) in [6.07, 6.45) is -0.468. The number of aliphatic hydroxyl groups is 1. The van der Waals surface area contributed by atoms with Gasteiger partial charge in [0.2, 0.25) is 0 Å². The number of hydrogen-bond acceptors (Lipinski definition) is 4. The van der Waals surface area contributed by atoms with E-state index in [9.17, 15) is 10.2 Å². The Morgan fingerprint density at radius 2 is 1.78 bits per heavy atom. The molecule has 2 aromatic rings. The van der Waals surface area contributed by atoms with Gasteiger partial charge in [0.25, 0.3) is 0 Å². The van der Waals surface area contributed by atoms with Gasteiger partial charge in [-0.3, -0.25) is 0 Å². The van der Waals surface area contributed by atoms with Gasteiger partial charge in [-0.15, -0.1) is 0 Å². The molecule has 0 aliphatic rings. The molecule has 23 heavy (non-hydrogen) atoms. The molecule has 0 aliphatic carbocycles. The number of hydrogen-bond donors (Lipinski definition) is 3. The number of ether oxygens (including phenoxy) is 1. The van der Waals surface area contributed by atoms with Crippen LogP contribution in [0.1, 0.15) is 36.6 Å². The predicted molar refractivity (Wildman–Crippen MR) is 91.7 cm³/mol. The normalized spacial score (nSPS) is 12.4. The molecule has 3 N–H and O–H groups in total. The standard InChI is InChI=1S/C19H25NO3/c1-13(2)23-17-9-7-15(8-10-17)18(21)12-20-11-16-6-4-5-14(3)19(16)22/h4-10,13,18,20-22H,11-12H2,1-3H3. The number of aryl methyl sites for hydroxylation is 1. The van der Waals surface area contributed by atoms with E-state index in [2.05, 4.69) is 5.32 Å². The zero-order chi connectivity index (χ0) is 16.8. The molecule has 4 heteroatoms. The van der Waals surface area contributed by atoms with Crippen LogP contribution in [0.3, 0.4) is 0 Å². The second kappa shape index (κ2) is 7.99. The molecule has 0 bridgehead atoms. The van der Waals surface area contributed by atoms with E-state index in [1.807, 2.05) is 63.2 Å². The number of phenols is 1. The van der Waals surface area contributed by atoms with Crippen molar-refractivity contribution < 1.29 is 14.9 Å². The predicted octanol–water partition coefficient (Wildman–Crippen LogP) is 3.31. The largest absolute Gasteiger partial charge is 0.507 e. The fourth-order valence-corrected chi connectivity index (χ4v) is 2.36. The van der Waals surface area contributed by atoms with E-state index < -0.39 is 6.10 Å². The van der Waals surface area contributed by atoms with Crippen LogP contribution in [0.15, 0.2) is 42.5 Å².